The fourth-order valence-corrected chi connectivity index (χ4v) is 3.25. The fraction of sp³-hybridized carbons (Fsp3) is 0.0667. The molecule has 0 saturated carbocycles. The van der Waals surface area contributed by atoms with E-state index in [9.17, 15) is 18.5 Å². The van der Waals surface area contributed by atoms with Gasteiger partial charge in [0.25, 0.3) is 15.7 Å². The van der Waals surface area contributed by atoms with Crippen molar-refractivity contribution in [3.8, 4) is 12.3 Å². The topological polar surface area (TPSA) is 89.3 Å². The van der Waals surface area contributed by atoms with E-state index in [0.717, 1.165) is 12.1 Å². The zero-order valence-electron chi connectivity index (χ0n) is 11.9. The SMILES string of the molecule is C#Cc1cccc(NS(=O)(=O)c2cc(Cl)c(C)c([N+](=O)[O-])c2)c1. The molecule has 118 valence electrons. The minimum atomic E-state index is -4.04. The van der Waals surface area contributed by atoms with E-state index in [4.69, 9.17) is 18.0 Å². The minimum Gasteiger partial charge on any atom is -0.280 e. The van der Waals surface area contributed by atoms with Crippen LogP contribution in [-0.4, -0.2) is 13.3 Å². The molecular weight excluding hydrogens is 340 g/mol. The van der Waals surface area contributed by atoms with Crippen LogP contribution >= 0.6 is 11.6 Å². The Morgan fingerprint density at radius 3 is 2.61 bits per heavy atom. The van der Waals surface area contributed by atoms with E-state index in [1.54, 1.807) is 12.1 Å². The van der Waals surface area contributed by atoms with Gasteiger partial charge in [-0.3, -0.25) is 14.8 Å². The zero-order valence-corrected chi connectivity index (χ0v) is 13.5. The first-order valence-electron chi connectivity index (χ1n) is 6.28. The van der Waals surface area contributed by atoms with E-state index < -0.39 is 14.9 Å². The molecule has 0 saturated heterocycles. The first-order valence-corrected chi connectivity index (χ1v) is 8.15. The van der Waals surface area contributed by atoms with Gasteiger partial charge in [0, 0.05) is 17.2 Å². The molecule has 8 heteroatoms. The molecule has 0 bridgehead atoms. The summed E-state index contributed by atoms with van der Waals surface area (Å²) in [6.07, 6.45) is 5.26. The highest BCUT2D eigenvalue weighted by Crippen LogP contribution is 2.30. The molecule has 0 aliphatic rings. The van der Waals surface area contributed by atoms with Crippen LogP contribution in [0.2, 0.25) is 5.02 Å². The van der Waals surface area contributed by atoms with Crippen LogP contribution in [0, 0.1) is 29.4 Å². The standard InChI is InChI=1S/C15H11ClN2O4S/c1-3-11-5-4-6-12(7-11)17-23(21,22)13-8-14(16)10(2)15(9-13)18(19)20/h1,4-9,17H,2H3. The Kier molecular flexibility index (Phi) is 4.59. The average molecular weight is 351 g/mol. The highest BCUT2D eigenvalue weighted by Gasteiger charge is 2.22. The van der Waals surface area contributed by atoms with Crippen LogP contribution in [0.1, 0.15) is 11.1 Å². The minimum absolute atomic E-state index is 0.00282. The number of rotatable bonds is 4. The van der Waals surface area contributed by atoms with Gasteiger partial charge in [0.2, 0.25) is 0 Å². The normalized spacial score (nSPS) is 10.8. The van der Waals surface area contributed by atoms with E-state index >= 15 is 0 Å². The summed E-state index contributed by atoms with van der Waals surface area (Å²) < 4.78 is 27.1. The van der Waals surface area contributed by atoms with Crippen LogP contribution in [0.3, 0.4) is 0 Å². The van der Waals surface area contributed by atoms with E-state index in [0.29, 0.717) is 5.56 Å². The Morgan fingerprint density at radius 1 is 1.30 bits per heavy atom. The van der Waals surface area contributed by atoms with Gasteiger partial charge in [-0.15, -0.1) is 6.42 Å². The van der Waals surface area contributed by atoms with E-state index in [-0.39, 0.29) is 26.9 Å². The molecule has 0 atom stereocenters. The lowest BCUT2D eigenvalue weighted by molar-refractivity contribution is -0.385. The van der Waals surface area contributed by atoms with Gasteiger partial charge in [-0.1, -0.05) is 23.6 Å². The van der Waals surface area contributed by atoms with Gasteiger partial charge in [-0.25, -0.2) is 8.42 Å². The maximum atomic E-state index is 12.4. The van der Waals surface area contributed by atoms with E-state index in [1.165, 1.54) is 19.1 Å². The van der Waals surface area contributed by atoms with Gasteiger partial charge in [-0.2, -0.15) is 0 Å². The molecule has 0 fully saturated rings. The molecule has 2 rings (SSSR count). The summed E-state index contributed by atoms with van der Waals surface area (Å²) in [6.45, 7) is 1.45. The second-order valence-corrected chi connectivity index (χ2v) is 6.73. The molecular formula is C15H11ClN2O4S. The summed E-state index contributed by atoms with van der Waals surface area (Å²) in [5.74, 6) is 2.39. The Hall–Kier alpha value is -2.56. The number of nitro benzene ring substituents is 1. The Labute approximate surface area is 138 Å². The van der Waals surface area contributed by atoms with Crippen LogP contribution in [0.5, 0.6) is 0 Å². The third kappa shape index (κ3) is 3.62. The van der Waals surface area contributed by atoms with Crippen molar-refractivity contribution in [2.45, 2.75) is 11.8 Å². The van der Waals surface area contributed by atoms with Crippen molar-refractivity contribution in [3.05, 3.63) is 62.7 Å². The van der Waals surface area contributed by atoms with Crippen molar-refractivity contribution >= 4 is 33.0 Å². The van der Waals surface area contributed by atoms with Crippen LogP contribution in [0.4, 0.5) is 11.4 Å². The molecule has 0 aliphatic heterocycles. The number of nitrogens with zero attached hydrogens (tertiary/aromatic N) is 1. The lowest BCUT2D eigenvalue weighted by Crippen LogP contribution is -2.13. The highest BCUT2D eigenvalue weighted by molar-refractivity contribution is 7.92. The quantitative estimate of drug-likeness (QED) is 0.520. The molecule has 0 amide bonds. The maximum Gasteiger partial charge on any atom is 0.275 e. The number of terminal acetylenes is 1. The second-order valence-electron chi connectivity index (χ2n) is 4.64. The number of sulfonamides is 1. The summed E-state index contributed by atoms with van der Waals surface area (Å²) >= 11 is 5.90. The molecule has 0 unspecified atom stereocenters. The number of nitro groups is 1. The smallest absolute Gasteiger partial charge is 0.275 e. The molecule has 23 heavy (non-hydrogen) atoms. The van der Waals surface area contributed by atoms with Gasteiger partial charge in [-0.05, 0) is 31.2 Å². The lowest BCUT2D eigenvalue weighted by atomic mass is 10.2. The molecule has 0 aliphatic carbocycles. The number of nitrogens with one attached hydrogen (secondary N) is 1. The summed E-state index contributed by atoms with van der Waals surface area (Å²) in [4.78, 5) is 10.0. The van der Waals surface area contributed by atoms with Gasteiger partial charge in [0.15, 0.2) is 0 Å². The third-order valence-electron chi connectivity index (χ3n) is 3.08. The molecule has 0 spiro atoms. The predicted molar refractivity (Wildman–Crippen MR) is 88.0 cm³/mol. The molecule has 2 aromatic rings. The van der Waals surface area contributed by atoms with Crippen molar-refractivity contribution in [1.29, 1.82) is 0 Å². The lowest BCUT2D eigenvalue weighted by Gasteiger charge is -2.10. The maximum absolute atomic E-state index is 12.4. The second kappa shape index (κ2) is 6.28. The first kappa shape index (κ1) is 16.8. The number of halogens is 1. The monoisotopic (exact) mass is 350 g/mol. The Morgan fingerprint density at radius 2 is 2.00 bits per heavy atom. The van der Waals surface area contributed by atoms with Crippen molar-refractivity contribution in [2.75, 3.05) is 4.72 Å². The van der Waals surface area contributed by atoms with Gasteiger partial charge in [0.05, 0.1) is 20.5 Å². The number of anilines is 1. The molecule has 0 radical (unpaired) electrons. The van der Waals surface area contributed by atoms with Crippen LogP contribution in [0.25, 0.3) is 0 Å². The molecule has 1 N–H and O–H groups in total. The Bertz CT molecular complexity index is 933. The molecule has 6 nitrogen and oxygen atoms in total. The first-order chi connectivity index (χ1) is 10.7. The van der Waals surface area contributed by atoms with Crippen LogP contribution < -0.4 is 4.72 Å². The summed E-state index contributed by atoms with van der Waals surface area (Å²) in [6, 6.07) is 8.36. The number of hydrogen-bond acceptors (Lipinski definition) is 4. The van der Waals surface area contributed by atoms with Gasteiger partial charge >= 0.3 is 0 Å². The average Bonchev–Trinajstić information content (AvgIpc) is 2.49. The molecule has 2 aromatic carbocycles. The number of hydrogen-bond donors (Lipinski definition) is 1. The van der Waals surface area contributed by atoms with Crippen molar-refractivity contribution in [3.63, 3.8) is 0 Å². The van der Waals surface area contributed by atoms with Crippen molar-refractivity contribution < 1.29 is 13.3 Å². The molecule has 0 heterocycles. The predicted octanol–water partition coefficient (Wildman–Crippen LogP) is 3.34. The van der Waals surface area contributed by atoms with Crippen LogP contribution in [-0.2, 0) is 10.0 Å². The largest absolute Gasteiger partial charge is 0.280 e. The van der Waals surface area contributed by atoms with Gasteiger partial charge in [0.1, 0.15) is 0 Å². The van der Waals surface area contributed by atoms with Crippen LogP contribution in [0.15, 0.2) is 41.3 Å². The van der Waals surface area contributed by atoms with E-state index in [1.807, 2.05) is 0 Å². The zero-order chi connectivity index (χ0) is 17.2. The van der Waals surface area contributed by atoms with Gasteiger partial charge < -0.3 is 0 Å². The van der Waals surface area contributed by atoms with Crippen molar-refractivity contribution in [2.24, 2.45) is 0 Å². The summed E-state index contributed by atoms with van der Waals surface area (Å²) in [5, 5.41) is 11.0. The molecule has 0 aromatic heterocycles. The Balaban J connectivity index is 2.48. The van der Waals surface area contributed by atoms with Crippen molar-refractivity contribution in [1.82, 2.24) is 0 Å². The summed E-state index contributed by atoms with van der Waals surface area (Å²) in [5.41, 5.74) is 0.582. The number of benzene rings is 2. The summed E-state index contributed by atoms with van der Waals surface area (Å²) in [7, 11) is -4.04. The third-order valence-corrected chi connectivity index (χ3v) is 4.83. The highest BCUT2D eigenvalue weighted by atomic mass is 35.5. The fourth-order valence-electron chi connectivity index (χ4n) is 1.87. The van der Waals surface area contributed by atoms with E-state index in [2.05, 4.69) is 10.6 Å².